The van der Waals surface area contributed by atoms with E-state index in [-0.39, 0.29) is 12.0 Å². The molecule has 0 saturated heterocycles. The van der Waals surface area contributed by atoms with Gasteiger partial charge in [-0.15, -0.1) is 11.3 Å². The molecule has 1 aromatic heterocycles. The number of rotatable bonds is 7. The molecule has 1 amide bonds. The first kappa shape index (κ1) is 20.9. The van der Waals surface area contributed by atoms with Crippen molar-refractivity contribution in [2.24, 2.45) is 0 Å². The number of carbonyl (C=O) groups excluding carboxylic acids is 1. The molecule has 1 heterocycles. The van der Waals surface area contributed by atoms with Crippen molar-refractivity contribution in [3.05, 3.63) is 65.2 Å². The highest BCUT2D eigenvalue weighted by Gasteiger charge is 2.16. The third kappa shape index (κ3) is 5.35. The Hall–Kier alpha value is -2.86. The first-order valence-electron chi connectivity index (χ1n) is 9.58. The van der Waals surface area contributed by atoms with Crippen molar-refractivity contribution < 1.29 is 9.53 Å². The Morgan fingerprint density at radius 1 is 1.03 bits per heavy atom. The first-order chi connectivity index (χ1) is 13.8. The molecule has 0 aliphatic carbocycles. The summed E-state index contributed by atoms with van der Waals surface area (Å²) in [6.07, 6.45) is 0.138. The van der Waals surface area contributed by atoms with Crippen LogP contribution in [-0.4, -0.2) is 43.0 Å². The van der Waals surface area contributed by atoms with E-state index >= 15 is 0 Å². The molecule has 2 aromatic carbocycles. The molecule has 0 N–H and O–H groups in total. The maximum atomic E-state index is 12.8. The molecule has 152 valence electrons. The van der Waals surface area contributed by atoms with Crippen LogP contribution in [0.25, 0.3) is 10.6 Å². The van der Waals surface area contributed by atoms with Gasteiger partial charge in [0.25, 0.3) is 5.91 Å². The number of benzene rings is 2. The smallest absolute Gasteiger partial charge is 0.273 e. The van der Waals surface area contributed by atoms with Crippen LogP contribution in [-0.2, 0) is 6.54 Å². The number of amides is 1. The lowest BCUT2D eigenvalue weighted by Gasteiger charge is -2.17. The van der Waals surface area contributed by atoms with Gasteiger partial charge in [-0.1, -0.05) is 12.1 Å². The normalized spacial score (nSPS) is 10.8. The van der Waals surface area contributed by atoms with Gasteiger partial charge in [0, 0.05) is 44.3 Å². The second kappa shape index (κ2) is 9.09. The van der Waals surface area contributed by atoms with Crippen molar-refractivity contribution in [2.75, 3.05) is 26.0 Å². The molecule has 3 rings (SSSR count). The Balaban J connectivity index is 1.66. The molecule has 6 heteroatoms. The van der Waals surface area contributed by atoms with Gasteiger partial charge in [0.2, 0.25) is 0 Å². The van der Waals surface area contributed by atoms with Gasteiger partial charge in [-0.05, 0) is 55.8 Å². The Morgan fingerprint density at radius 3 is 2.28 bits per heavy atom. The van der Waals surface area contributed by atoms with Gasteiger partial charge in [-0.3, -0.25) is 4.79 Å². The van der Waals surface area contributed by atoms with E-state index in [1.807, 2.05) is 69.7 Å². The monoisotopic (exact) mass is 409 g/mol. The largest absolute Gasteiger partial charge is 0.491 e. The van der Waals surface area contributed by atoms with E-state index in [1.165, 1.54) is 11.3 Å². The molecular formula is C23H27N3O2S. The molecule has 0 atom stereocenters. The summed E-state index contributed by atoms with van der Waals surface area (Å²) in [5, 5.41) is 2.65. The van der Waals surface area contributed by atoms with Gasteiger partial charge < -0.3 is 14.5 Å². The third-order valence-electron chi connectivity index (χ3n) is 4.42. The van der Waals surface area contributed by atoms with Crippen molar-refractivity contribution >= 4 is 22.9 Å². The lowest BCUT2D eigenvalue weighted by molar-refractivity contribution is 0.0780. The van der Waals surface area contributed by atoms with Crippen molar-refractivity contribution in [3.63, 3.8) is 0 Å². The minimum absolute atomic E-state index is 0.0797. The SMILES string of the molecule is CC(C)Oc1ccc(-c2nc(C(=O)N(C)Cc3ccc(N(C)C)cc3)cs2)cc1. The van der Waals surface area contributed by atoms with Crippen LogP contribution in [0.5, 0.6) is 5.75 Å². The van der Waals surface area contributed by atoms with Crippen molar-refractivity contribution in [3.8, 4) is 16.3 Å². The minimum atomic E-state index is -0.0797. The summed E-state index contributed by atoms with van der Waals surface area (Å²) < 4.78 is 5.68. The average molecular weight is 410 g/mol. The van der Waals surface area contributed by atoms with Crippen LogP contribution in [0, 0.1) is 0 Å². The van der Waals surface area contributed by atoms with Crippen molar-refractivity contribution in [1.82, 2.24) is 9.88 Å². The van der Waals surface area contributed by atoms with Crippen LogP contribution in [0.15, 0.2) is 53.9 Å². The van der Waals surface area contributed by atoms with Crippen molar-refractivity contribution in [1.29, 1.82) is 0 Å². The molecular weight excluding hydrogens is 382 g/mol. The molecule has 0 spiro atoms. The number of ether oxygens (including phenoxy) is 1. The van der Waals surface area contributed by atoms with E-state index in [1.54, 1.807) is 11.9 Å². The van der Waals surface area contributed by atoms with E-state index in [4.69, 9.17) is 4.74 Å². The quantitative estimate of drug-likeness (QED) is 0.555. The first-order valence-corrected chi connectivity index (χ1v) is 10.5. The zero-order valence-corrected chi connectivity index (χ0v) is 18.4. The van der Waals surface area contributed by atoms with E-state index in [0.29, 0.717) is 12.2 Å². The van der Waals surface area contributed by atoms with Gasteiger partial charge in [0.1, 0.15) is 16.5 Å². The molecule has 0 bridgehead atoms. The van der Waals surface area contributed by atoms with Crippen LogP contribution < -0.4 is 9.64 Å². The summed E-state index contributed by atoms with van der Waals surface area (Å²) in [5.41, 5.74) is 3.67. The minimum Gasteiger partial charge on any atom is -0.491 e. The number of nitrogens with zero attached hydrogens (tertiary/aromatic N) is 3. The molecule has 29 heavy (non-hydrogen) atoms. The predicted octanol–water partition coefficient (Wildman–Crippen LogP) is 4.94. The molecule has 5 nitrogen and oxygen atoms in total. The van der Waals surface area contributed by atoms with Gasteiger partial charge in [-0.25, -0.2) is 4.98 Å². The average Bonchev–Trinajstić information content (AvgIpc) is 3.18. The van der Waals surface area contributed by atoms with Crippen LogP contribution in [0.2, 0.25) is 0 Å². The van der Waals surface area contributed by atoms with Crippen molar-refractivity contribution in [2.45, 2.75) is 26.5 Å². The lowest BCUT2D eigenvalue weighted by Crippen LogP contribution is -2.26. The number of anilines is 1. The molecule has 0 unspecified atom stereocenters. The number of aromatic nitrogens is 1. The van der Waals surface area contributed by atoms with E-state index in [2.05, 4.69) is 22.0 Å². The Labute approximate surface area is 176 Å². The lowest BCUT2D eigenvalue weighted by atomic mass is 10.2. The van der Waals surface area contributed by atoms with Gasteiger partial charge >= 0.3 is 0 Å². The summed E-state index contributed by atoms with van der Waals surface area (Å²) in [6.45, 7) is 4.54. The number of hydrogen-bond donors (Lipinski definition) is 0. The summed E-state index contributed by atoms with van der Waals surface area (Å²) >= 11 is 1.47. The molecule has 0 fully saturated rings. The predicted molar refractivity (Wildman–Crippen MR) is 120 cm³/mol. The molecule has 0 aliphatic rings. The molecule has 0 saturated carbocycles. The maximum absolute atomic E-state index is 12.8. The van der Waals surface area contributed by atoms with Gasteiger partial charge in [0.15, 0.2) is 0 Å². The van der Waals surface area contributed by atoms with E-state index < -0.39 is 0 Å². The maximum Gasteiger partial charge on any atom is 0.273 e. The highest BCUT2D eigenvalue weighted by Crippen LogP contribution is 2.26. The summed E-state index contributed by atoms with van der Waals surface area (Å²) in [6, 6.07) is 16.0. The van der Waals surface area contributed by atoms with Crippen LogP contribution in [0.1, 0.15) is 29.9 Å². The highest BCUT2D eigenvalue weighted by atomic mass is 32.1. The van der Waals surface area contributed by atoms with E-state index in [9.17, 15) is 4.79 Å². The van der Waals surface area contributed by atoms with Crippen LogP contribution in [0.4, 0.5) is 5.69 Å². The zero-order valence-electron chi connectivity index (χ0n) is 17.5. The topological polar surface area (TPSA) is 45.7 Å². The number of hydrogen-bond acceptors (Lipinski definition) is 5. The number of carbonyl (C=O) groups is 1. The highest BCUT2D eigenvalue weighted by molar-refractivity contribution is 7.13. The summed E-state index contributed by atoms with van der Waals surface area (Å²) in [4.78, 5) is 21.1. The van der Waals surface area contributed by atoms with Crippen LogP contribution in [0.3, 0.4) is 0 Å². The molecule has 0 radical (unpaired) electrons. The fraction of sp³-hybridized carbons (Fsp3) is 0.304. The Morgan fingerprint density at radius 2 is 1.69 bits per heavy atom. The third-order valence-corrected chi connectivity index (χ3v) is 5.31. The Kier molecular flexibility index (Phi) is 6.54. The number of thiazole rings is 1. The summed E-state index contributed by atoms with van der Waals surface area (Å²) in [5.74, 6) is 0.751. The van der Waals surface area contributed by atoms with Crippen LogP contribution >= 0.6 is 11.3 Å². The second-order valence-electron chi connectivity index (χ2n) is 7.45. The zero-order chi connectivity index (χ0) is 21.0. The second-order valence-corrected chi connectivity index (χ2v) is 8.31. The van der Waals surface area contributed by atoms with Gasteiger partial charge in [-0.2, -0.15) is 0 Å². The Bertz CT molecular complexity index is 947. The fourth-order valence-corrected chi connectivity index (χ4v) is 3.69. The fourth-order valence-electron chi connectivity index (χ4n) is 2.89. The molecule has 3 aromatic rings. The van der Waals surface area contributed by atoms with Gasteiger partial charge in [0.05, 0.1) is 6.10 Å². The van der Waals surface area contributed by atoms with E-state index in [0.717, 1.165) is 27.6 Å². The molecule has 0 aliphatic heterocycles. The standard InChI is InChI=1S/C23H27N3O2S/c1-16(2)28-20-12-8-18(9-13-20)22-24-21(15-29-22)23(27)26(5)14-17-6-10-19(11-7-17)25(3)4/h6-13,15-16H,14H2,1-5H3. The summed E-state index contributed by atoms with van der Waals surface area (Å²) in [7, 11) is 5.82.